The Labute approximate surface area is 124 Å². The molecular weight excluding hydrogens is 345 g/mol. The molecule has 0 aromatic rings. The number of phosphoric acid groups is 2. The van der Waals surface area contributed by atoms with Gasteiger partial charge in [0, 0.05) is 0 Å². The van der Waals surface area contributed by atoms with Gasteiger partial charge in [-0.05, 0) is 26.2 Å². The van der Waals surface area contributed by atoms with E-state index in [-0.39, 0.29) is 0 Å². The lowest BCUT2D eigenvalue weighted by Crippen LogP contribution is -2.18. The molecule has 0 radical (unpaired) electrons. The van der Waals surface area contributed by atoms with E-state index in [1.165, 1.54) is 20.8 Å². The van der Waals surface area contributed by atoms with E-state index >= 15 is 0 Å². The van der Waals surface area contributed by atoms with Crippen LogP contribution in [0.3, 0.4) is 0 Å². The molecule has 0 aliphatic rings. The van der Waals surface area contributed by atoms with Gasteiger partial charge in [-0.1, -0.05) is 20.8 Å². The summed E-state index contributed by atoms with van der Waals surface area (Å²) in [4.78, 5) is 28.2. The van der Waals surface area contributed by atoms with E-state index in [1.54, 1.807) is 20.8 Å². The van der Waals surface area contributed by atoms with Crippen LogP contribution in [-0.2, 0) is 26.8 Å². The van der Waals surface area contributed by atoms with Gasteiger partial charge in [0.05, 0.1) is 11.8 Å². The minimum absolute atomic E-state index is 0.441. The van der Waals surface area contributed by atoms with Crippen molar-refractivity contribution in [2.24, 2.45) is 5.41 Å². The zero-order valence-corrected chi connectivity index (χ0v) is 15.5. The van der Waals surface area contributed by atoms with Crippen LogP contribution in [0.4, 0.5) is 0 Å². The normalized spacial score (nSPS) is 22.1. The van der Waals surface area contributed by atoms with Gasteiger partial charge in [0.2, 0.25) is 0 Å². The van der Waals surface area contributed by atoms with Crippen LogP contribution in [0, 0.1) is 5.41 Å². The summed E-state index contributed by atoms with van der Waals surface area (Å²) in [6.07, 6.45) is -0.441. The first kappa shape index (κ1) is 21.4. The molecule has 0 saturated heterocycles. The average molecular weight is 368 g/mol. The molecule has 0 rings (SSSR count). The molecule has 0 fully saturated rings. The lowest BCUT2D eigenvalue weighted by Gasteiger charge is -2.25. The zero-order chi connectivity index (χ0) is 17.3. The summed E-state index contributed by atoms with van der Waals surface area (Å²) in [5.74, 6) is 0. The standard InChI is InChI=1S/C9H23O9P3/c1-8(2,3)7-19(10,11)17-21(14,15)18-20(12,13)16-9(4,5)6/h7H2,1-6H3,(H,10,11)(H,12,13)(H,14,15). The third-order valence-corrected chi connectivity index (χ3v) is 7.12. The van der Waals surface area contributed by atoms with Crippen molar-refractivity contribution >= 4 is 23.2 Å². The van der Waals surface area contributed by atoms with Crippen LogP contribution in [0.5, 0.6) is 0 Å². The van der Waals surface area contributed by atoms with Crippen molar-refractivity contribution in [2.75, 3.05) is 6.16 Å². The SMILES string of the molecule is CC(C)(C)CP(=O)(O)OP(=O)(O)OP(=O)(O)OC(C)(C)C. The summed E-state index contributed by atoms with van der Waals surface area (Å²) in [5.41, 5.74) is -1.81. The van der Waals surface area contributed by atoms with Crippen LogP contribution in [0.1, 0.15) is 41.5 Å². The molecule has 9 nitrogen and oxygen atoms in total. The van der Waals surface area contributed by atoms with Crippen molar-refractivity contribution in [2.45, 2.75) is 47.1 Å². The number of hydrogen-bond donors (Lipinski definition) is 3. The van der Waals surface area contributed by atoms with E-state index in [9.17, 15) is 28.4 Å². The van der Waals surface area contributed by atoms with Crippen LogP contribution >= 0.6 is 23.2 Å². The summed E-state index contributed by atoms with van der Waals surface area (Å²) in [6, 6.07) is 0. The molecule has 3 N–H and O–H groups in total. The van der Waals surface area contributed by atoms with Crippen molar-refractivity contribution in [1.29, 1.82) is 0 Å². The number of rotatable bonds is 6. The van der Waals surface area contributed by atoms with Gasteiger partial charge in [0.25, 0.3) is 0 Å². The Morgan fingerprint density at radius 2 is 1.24 bits per heavy atom. The van der Waals surface area contributed by atoms with Crippen LogP contribution < -0.4 is 0 Å². The van der Waals surface area contributed by atoms with E-state index in [0.29, 0.717) is 0 Å². The zero-order valence-electron chi connectivity index (χ0n) is 12.8. The fraction of sp³-hybridized carbons (Fsp3) is 1.00. The van der Waals surface area contributed by atoms with Crippen molar-refractivity contribution in [3.63, 3.8) is 0 Å². The second-order valence-corrected chi connectivity index (χ2v) is 11.6. The molecule has 0 amide bonds. The van der Waals surface area contributed by atoms with Gasteiger partial charge in [-0.15, -0.1) is 0 Å². The van der Waals surface area contributed by atoms with Gasteiger partial charge in [-0.2, -0.15) is 4.31 Å². The number of hydrogen-bond acceptors (Lipinski definition) is 6. The van der Waals surface area contributed by atoms with Gasteiger partial charge in [-0.3, -0.25) is 9.09 Å². The molecule has 0 spiro atoms. The molecule has 21 heavy (non-hydrogen) atoms. The fourth-order valence-corrected chi connectivity index (χ4v) is 6.27. The predicted molar refractivity (Wildman–Crippen MR) is 76.8 cm³/mol. The minimum atomic E-state index is -5.26. The molecule has 0 aliphatic heterocycles. The molecule has 3 unspecified atom stereocenters. The first-order valence-electron chi connectivity index (χ1n) is 5.93. The summed E-state index contributed by atoms with van der Waals surface area (Å²) in [6.45, 7) is 9.09. The van der Waals surface area contributed by atoms with Crippen LogP contribution in [0.25, 0.3) is 0 Å². The van der Waals surface area contributed by atoms with Crippen LogP contribution in [0.2, 0.25) is 0 Å². The van der Waals surface area contributed by atoms with Crippen molar-refractivity contribution in [1.82, 2.24) is 0 Å². The quantitative estimate of drug-likeness (QED) is 0.603. The van der Waals surface area contributed by atoms with Crippen molar-refractivity contribution in [3.05, 3.63) is 0 Å². The lowest BCUT2D eigenvalue weighted by atomic mass is 10.0. The highest BCUT2D eigenvalue weighted by atomic mass is 31.3. The van der Waals surface area contributed by atoms with E-state index in [1.807, 2.05) is 0 Å². The molecule has 0 bridgehead atoms. The first-order valence-corrected chi connectivity index (χ1v) is 10.7. The van der Waals surface area contributed by atoms with Gasteiger partial charge >= 0.3 is 23.2 Å². The summed E-state index contributed by atoms with van der Waals surface area (Å²) >= 11 is 0. The molecule has 128 valence electrons. The molecule has 12 heteroatoms. The van der Waals surface area contributed by atoms with Gasteiger partial charge in [-0.25, -0.2) is 13.4 Å². The highest BCUT2D eigenvalue weighted by Crippen LogP contribution is 2.68. The second-order valence-electron chi connectivity index (χ2n) is 6.66. The molecule has 0 saturated carbocycles. The Balaban J connectivity index is 4.97. The minimum Gasteiger partial charge on any atom is -0.324 e. The molecule has 0 heterocycles. The Hall–Kier alpha value is 0.450. The molecule has 0 aromatic heterocycles. The Morgan fingerprint density at radius 1 is 0.810 bits per heavy atom. The maximum atomic E-state index is 11.7. The second kappa shape index (κ2) is 6.52. The molecule has 3 atom stereocenters. The maximum absolute atomic E-state index is 11.7. The predicted octanol–water partition coefficient (Wildman–Crippen LogP) is 3.27. The van der Waals surface area contributed by atoms with Crippen LogP contribution in [0.15, 0.2) is 0 Å². The van der Waals surface area contributed by atoms with Gasteiger partial charge < -0.3 is 14.7 Å². The Kier molecular flexibility index (Phi) is 6.66. The molecule has 0 aromatic carbocycles. The average Bonchev–Trinajstić information content (AvgIpc) is 1.83. The Morgan fingerprint density at radius 3 is 1.57 bits per heavy atom. The van der Waals surface area contributed by atoms with Gasteiger partial charge in [0.1, 0.15) is 0 Å². The molecule has 0 aliphatic carbocycles. The third kappa shape index (κ3) is 11.6. The number of phosphoric ester groups is 1. The van der Waals surface area contributed by atoms with E-state index in [2.05, 4.69) is 13.1 Å². The molecular formula is C9H23O9P3. The largest absolute Gasteiger partial charge is 0.488 e. The van der Waals surface area contributed by atoms with Crippen molar-refractivity contribution in [3.8, 4) is 0 Å². The van der Waals surface area contributed by atoms with Gasteiger partial charge in [0.15, 0.2) is 0 Å². The highest BCUT2D eigenvalue weighted by Gasteiger charge is 2.43. The summed E-state index contributed by atoms with van der Waals surface area (Å²) in [5, 5.41) is 0. The van der Waals surface area contributed by atoms with E-state index in [0.717, 1.165) is 0 Å². The topological polar surface area (TPSA) is 140 Å². The fourth-order valence-electron chi connectivity index (χ4n) is 1.30. The smallest absolute Gasteiger partial charge is 0.324 e. The lowest BCUT2D eigenvalue weighted by molar-refractivity contribution is 0.0792. The summed E-state index contributed by atoms with van der Waals surface area (Å²) in [7, 11) is -14.7. The summed E-state index contributed by atoms with van der Waals surface area (Å²) < 4.78 is 47.6. The maximum Gasteiger partial charge on any atom is 0.488 e. The first-order chi connectivity index (χ1) is 8.83. The monoisotopic (exact) mass is 368 g/mol. The Bertz CT molecular complexity index is 460. The van der Waals surface area contributed by atoms with Crippen LogP contribution in [-0.4, -0.2) is 26.4 Å². The van der Waals surface area contributed by atoms with E-state index in [4.69, 9.17) is 0 Å². The highest BCUT2D eigenvalue weighted by molar-refractivity contribution is 7.68. The third-order valence-electron chi connectivity index (χ3n) is 1.50. The van der Waals surface area contributed by atoms with E-state index < -0.39 is 40.4 Å². The van der Waals surface area contributed by atoms with Crippen molar-refractivity contribution < 1.29 is 41.5 Å².